The van der Waals surface area contributed by atoms with E-state index in [0.717, 1.165) is 6.61 Å². The Morgan fingerprint density at radius 1 is 1.23 bits per heavy atom. The van der Waals surface area contributed by atoms with Crippen LogP contribution in [0.3, 0.4) is 0 Å². The minimum atomic E-state index is -0.0150. The van der Waals surface area contributed by atoms with E-state index in [1.165, 1.54) is 16.7 Å². The molecule has 68 valence electrons. The predicted octanol–water partition coefficient (Wildman–Crippen LogP) is 2.72. The van der Waals surface area contributed by atoms with Gasteiger partial charge in [-0.25, -0.2) is 0 Å². The van der Waals surface area contributed by atoms with Gasteiger partial charge in [-0.05, 0) is 23.6 Å². The Balaban J connectivity index is 2.36. The Morgan fingerprint density at radius 2 is 2.00 bits per heavy atom. The molecule has 1 aromatic rings. The molecule has 2 aliphatic rings. The van der Waals surface area contributed by atoms with Gasteiger partial charge in [0, 0.05) is 5.41 Å². The minimum absolute atomic E-state index is 0.0150. The summed E-state index contributed by atoms with van der Waals surface area (Å²) >= 11 is 0. The normalized spacial score (nSPS) is 32.5. The molecule has 1 heteroatoms. The van der Waals surface area contributed by atoms with Gasteiger partial charge in [0.15, 0.2) is 0 Å². The number of benzene rings is 1. The molecule has 0 aromatic heterocycles. The Hall–Kier alpha value is -0.820. The zero-order valence-corrected chi connectivity index (χ0v) is 8.35. The molecular formula is C12H14O. The summed E-state index contributed by atoms with van der Waals surface area (Å²) < 4.78 is 5.90. The van der Waals surface area contributed by atoms with Crippen molar-refractivity contribution in [3.05, 3.63) is 34.9 Å². The van der Waals surface area contributed by atoms with E-state index in [1.54, 1.807) is 0 Å². The van der Waals surface area contributed by atoms with Gasteiger partial charge in [-0.1, -0.05) is 32.0 Å². The third-order valence-corrected chi connectivity index (χ3v) is 4.01. The van der Waals surface area contributed by atoms with Gasteiger partial charge < -0.3 is 4.74 Å². The highest BCUT2D eigenvalue weighted by Gasteiger charge is 2.59. The van der Waals surface area contributed by atoms with Crippen molar-refractivity contribution in [1.82, 2.24) is 0 Å². The topological polar surface area (TPSA) is 9.23 Å². The maximum Gasteiger partial charge on any atom is 0.100 e. The van der Waals surface area contributed by atoms with Crippen LogP contribution in [0.25, 0.3) is 0 Å². The van der Waals surface area contributed by atoms with Gasteiger partial charge >= 0.3 is 0 Å². The molecule has 1 aliphatic carbocycles. The first-order valence-electron chi connectivity index (χ1n) is 4.84. The molecule has 13 heavy (non-hydrogen) atoms. The fraction of sp³-hybridized carbons (Fsp3) is 0.500. The van der Waals surface area contributed by atoms with E-state index in [9.17, 15) is 0 Å². The standard InChI is InChI=1S/C12H14O/c1-11(2)9-6-4-5-8-7-13-12(11,3)10(8)9/h4-6H,7H2,1-3H3/t12-/m1/s1. The van der Waals surface area contributed by atoms with Crippen molar-refractivity contribution < 1.29 is 4.74 Å². The van der Waals surface area contributed by atoms with Crippen LogP contribution >= 0.6 is 0 Å². The smallest absolute Gasteiger partial charge is 0.100 e. The van der Waals surface area contributed by atoms with Crippen molar-refractivity contribution in [2.24, 2.45) is 0 Å². The number of rotatable bonds is 0. The van der Waals surface area contributed by atoms with E-state index in [4.69, 9.17) is 4.74 Å². The lowest BCUT2D eigenvalue weighted by atomic mass is 9.55. The molecule has 1 heterocycles. The molecule has 1 aliphatic heterocycles. The molecule has 1 nitrogen and oxygen atoms in total. The van der Waals surface area contributed by atoms with E-state index in [-0.39, 0.29) is 11.0 Å². The molecular weight excluding hydrogens is 160 g/mol. The maximum absolute atomic E-state index is 5.90. The summed E-state index contributed by atoms with van der Waals surface area (Å²) in [6.07, 6.45) is 0. The molecule has 0 bridgehead atoms. The molecule has 0 saturated carbocycles. The van der Waals surface area contributed by atoms with Crippen molar-refractivity contribution in [2.45, 2.75) is 38.4 Å². The Morgan fingerprint density at radius 3 is 2.77 bits per heavy atom. The molecule has 0 unspecified atom stereocenters. The van der Waals surface area contributed by atoms with Gasteiger partial charge in [0.25, 0.3) is 0 Å². The van der Waals surface area contributed by atoms with Gasteiger partial charge in [0.2, 0.25) is 0 Å². The summed E-state index contributed by atoms with van der Waals surface area (Å²) in [5.41, 5.74) is 4.50. The van der Waals surface area contributed by atoms with Crippen LogP contribution in [-0.2, 0) is 22.4 Å². The number of hydrogen-bond donors (Lipinski definition) is 0. The molecule has 0 N–H and O–H groups in total. The van der Waals surface area contributed by atoms with Gasteiger partial charge in [-0.3, -0.25) is 0 Å². The highest BCUT2D eigenvalue weighted by Crippen LogP contribution is 2.60. The van der Waals surface area contributed by atoms with Crippen LogP contribution in [0, 0.1) is 0 Å². The van der Waals surface area contributed by atoms with Gasteiger partial charge in [0.05, 0.1) is 6.61 Å². The third kappa shape index (κ3) is 0.584. The molecule has 0 amide bonds. The van der Waals surface area contributed by atoms with Crippen molar-refractivity contribution >= 4 is 0 Å². The predicted molar refractivity (Wildman–Crippen MR) is 51.6 cm³/mol. The lowest BCUT2D eigenvalue weighted by Crippen LogP contribution is -2.52. The summed E-state index contributed by atoms with van der Waals surface area (Å²) in [5, 5.41) is 0. The number of ether oxygens (including phenoxy) is 1. The fourth-order valence-corrected chi connectivity index (χ4v) is 2.79. The summed E-state index contributed by atoms with van der Waals surface area (Å²) in [7, 11) is 0. The molecule has 0 saturated heterocycles. The van der Waals surface area contributed by atoms with Gasteiger partial charge in [-0.2, -0.15) is 0 Å². The van der Waals surface area contributed by atoms with E-state index in [2.05, 4.69) is 39.0 Å². The minimum Gasteiger partial charge on any atom is -0.365 e. The first-order valence-corrected chi connectivity index (χ1v) is 4.84. The molecule has 1 aromatic carbocycles. The maximum atomic E-state index is 5.90. The zero-order valence-electron chi connectivity index (χ0n) is 8.35. The summed E-state index contributed by atoms with van der Waals surface area (Å²) in [4.78, 5) is 0. The molecule has 1 atom stereocenters. The van der Waals surface area contributed by atoms with E-state index in [0.29, 0.717) is 0 Å². The van der Waals surface area contributed by atoms with Gasteiger partial charge in [-0.15, -0.1) is 0 Å². The van der Waals surface area contributed by atoms with Crippen molar-refractivity contribution in [1.29, 1.82) is 0 Å². The summed E-state index contributed by atoms with van der Waals surface area (Å²) in [5.74, 6) is 0. The molecule has 0 fully saturated rings. The number of hydrogen-bond acceptors (Lipinski definition) is 1. The van der Waals surface area contributed by atoms with Crippen LogP contribution in [0.1, 0.15) is 37.5 Å². The first kappa shape index (κ1) is 7.57. The van der Waals surface area contributed by atoms with E-state index < -0.39 is 0 Å². The van der Waals surface area contributed by atoms with Crippen molar-refractivity contribution in [3.8, 4) is 0 Å². The summed E-state index contributed by atoms with van der Waals surface area (Å²) in [6, 6.07) is 6.55. The average Bonchev–Trinajstić information content (AvgIpc) is 2.45. The van der Waals surface area contributed by atoms with Crippen LogP contribution in [0.5, 0.6) is 0 Å². The Kier molecular flexibility index (Phi) is 1.06. The monoisotopic (exact) mass is 174 g/mol. The highest BCUT2D eigenvalue weighted by molar-refractivity contribution is 5.57. The lowest BCUT2D eigenvalue weighted by Gasteiger charge is -2.52. The quantitative estimate of drug-likeness (QED) is 0.587. The third-order valence-electron chi connectivity index (χ3n) is 4.01. The molecule has 0 radical (unpaired) electrons. The molecule has 3 rings (SSSR count). The Bertz CT molecular complexity index is 392. The average molecular weight is 174 g/mol. The van der Waals surface area contributed by atoms with Crippen LogP contribution in [-0.4, -0.2) is 0 Å². The van der Waals surface area contributed by atoms with E-state index >= 15 is 0 Å². The highest BCUT2D eigenvalue weighted by atomic mass is 16.5. The zero-order chi connectivity index (χ0) is 9.27. The van der Waals surface area contributed by atoms with Crippen LogP contribution in [0.15, 0.2) is 18.2 Å². The molecule has 0 spiro atoms. The van der Waals surface area contributed by atoms with Crippen LogP contribution in [0.4, 0.5) is 0 Å². The Labute approximate surface area is 78.7 Å². The largest absolute Gasteiger partial charge is 0.365 e. The second-order valence-electron chi connectivity index (χ2n) is 4.79. The summed E-state index contributed by atoms with van der Waals surface area (Å²) in [6.45, 7) is 7.55. The fourth-order valence-electron chi connectivity index (χ4n) is 2.79. The van der Waals surface area contributed by atoms with Crippen LogP contribution in [0.2, 0.25) is 0 Å². The lowest BCUT2D eigenvalue weighted by molar-refractivity contribution is -0.0953. The SMILES string of the molecule is CC1(C)c2cccc3c2[C@@]1(C)OC3. The van der Waals surface area contributed by atoms with Crippen molar-refractivity contribution in [3.63, 3.8) is 0 Å². The van der Waals surface area contributed by atoms with E-state index in [1.807, 2.05) is 0 Å². The second kappa shape index (κ2) is 1.83. The first-order chi connectivity index (χ1) is 6.07. The van der Waals surface area contributed by atoms with Crippen molar-refractivity contribution in [2.75, 3.05) is 0 Å². The second-order valence-corrected chi connectivity index (χ2v) is 4.79. The van der Waals surface area contributed by atoms with Crippen LogP contribution < -0.4 is 0 Å². The van der Waals surface area contributed by atoms with Gasteiger partial charge in [0.1, 0.15) is 5.60 Å².